The number of hydrogen-bond acceptors (Lipinski definition) is 5. The number of nitrogen functional groups attached to an aromatic ring is 1. The van der Waals surface area contributed by atoms with E-state index in [1.807, 2.05) is 12.1 Å². The van der Waals surface area contributed by atoms with E-state index in [1.165, 1.54) is 11.3 Å². The molecule has 0 atom stereocenters. The van der Waals surface area contributed by atoms with E-state index in [1.54, 1.807) is 18.3 Å². The van der Waals surface area contributed by atoms with Gasteiger partial charge in [-0.15, -0.1) is 0 Å². The summed E-state index contributed by atoms with van der Waals surface area (Å²) >= 11 is 7.29. The third-order valence-electron chi connectivity index (χ3n) is 1.85. The zero-order valence-corrected chi connectivity index (χ0v) is 9.89. The number of rotatable bonds is 4. The third-order valence-corrected chi connectivity index (χ3v) is 2.99. The number of halogens is 1. The van der Waals surface area contributed by atoms with Gasteiger partial charge in [-0.05, 0) is 18.2 Å². The van der Waals surface area contributed by atoms with Crippen LogP contribution in [-0.4, -0.2) is 4.98 Å². The smallest absolute Gasteiger partial charge is 0.197 e. The minimum absolute atomic E-state index is 0.458. The summed E-state index contributed by atoms with van der Waals surface area (Å²) < 4.78 is 5.55. The number of thiazole rings is 1. The van der Waals surface area contributed by atoms with E-state index in [-0.39, 0.29) is 0 Å². The maximum Gasteiger partial charge on any atom is 0.197 e. The van der Waals surface area contributed by atoms with Crippen LogP contribution in [0.5, 0.6) is 5.75 Å². The van der Waals surface area contributed by atoms with Crippen molar-refractivity contribution in [2.24, 2.45) is 5.84 Å². The number of nitrogens with zero attached hydrogens (tertiary/aromatic N) is 1. The second kappa shape index (κ2) is 5.16. The van der Waals surface area contributed by atoms with E-state index >= 15 is 0 Å². The number of hydrogen-bond donors (Lipinski definition) is 2. The van der Waals surface area contributed by atoms with E-state index in [4.69, 9.17) is 22.2 Å². The molecule has 1 aromatic carbocycles. The molecule has 0 saturated carbocycles. The highest BCUT2D eigenvalue weighted by Gasteiger charge is 2.01. The van der Waals surface area contributed by atoms with Gasteiger partial charge in [0.15, 0.2) is 5.13 Å². The summed E-state index contributed by atoms with van der Waals surface area (Å²) in [4.78, 5) is 5.03. The Morgan fingerprint density at radius 2 is 2.38 bits per heavy atom. The first-order valence-electron chi connectivity index (χ1n) is 4.57. The lowest BCUT2D eigenvalue weighted by atomic mass is 10.3. The topological polar surface area (TPSA) is 60.2 Å². The van der Waals surface area contributed by atoms with Gasteiger partial charge in [0.05, 0.1) is 4.88 Å². The van der Waals surface area contributed by atoms with Crippen LogP contribution in [0.2, 0.25) is 5.02 Å². The summed E-state index contributed by atoms with van der Waals surface area (Å²) in [5.74, 6) is 5.97. The molecule has 0 amide bonds. The van der Waals surface area contributed by atoms with Crippen molar-refractivity contribution >= 4 is 28.1 Å². The maximum absolute atomic E-state index is 5.84. The highest BCUT2D eigenvalue weighted by Crippen LogP contribution is 2.21. The predicted octanol–water partition coefficient (Wildman–Crippen LogP) is 2.66. The van der Waals surface area contributed by atoms with E-state index < -0.39 is 0 Å². The fourth-order valence-corrected chi connectivity index (χ4v) is 1.97. The summed E-state index contributed by atoms with van der Waals surface area (Å²) in [7, 11) is 0. The van der Waals surface area contributed by atoms with Gasteiger partial charge in [0.2, 0.25) is 0 Å². The van der Waals surface area contributed by atoms with Gasteiger partial charge in [0.1, 0.15) is 12.4 Å². The molecule has 3 N–H and O–H groups in total. The lowest BCUT2D eigenvalue weighted by molar-refractivity contribution is 0.309. The minimum atomic E-state index is 0.458. The first kappa shape index (κ1) is 11.2. The van der Waals surface area contributed by atoms with Crippen LogP contribution in [0, 0.1) is 0 Å². The molecule has 0 radical (unpaired) electrons. The quantitative estimate of drug-likeness (QED) is 0.651. The van der Waals surface area contributed by atoms with Gasteiger partial charge in [-0.2, -0.15) is 0 Å². The van der Waals surface area contributed by atoms with E-state index in [9.17, 15) is 0 Å². The Labute approximate surface area is 102 Å². The Hall–Kier alpha value is -1.30. The zero-order valence-electron chi connectivity index (χ0n) is 8.31. The molecule has 0 bridgehead atoms. The normalized spacial score (nSPS) is 10.1. The number of anilines is 1. The molecule has 0 aliphatic rings. The Bertz CT molecular complexity index is 475. The van der Waals surface area contributed by atoms with Gasteiger partial charge >= 0.3 is 0 Å². The highest BCUT2D eigenvalue weighted by atomic mass is 35.5. The van der Waals surface area contributed by atoms with Crippen molar-refractivity contribution < 1.29 is 4.74 Å². The van der Waals surface area contributed by atoms with Crippen LogP contribution in [0.1, 0.15) is 4.88 Å². The van der Waals surface area contributed by atoms with Crippen molar-refractivity contribution in [1.29, 1.82) is 0 Å². The standard InChI is InChI=1S/C10H10ClN3OS/c11-7-2-1-3-8(4-7)15-6-9-5-13-10(14-12)16-9/h1-5H,6,12H2,(H,13,14). The van der Waals surface area contributed by atoms with Crippen molar-refractivity contribution in [3.05, 3.63) is 40.4 Å². The summed E-state index contributed by atoms with van der Waals surface area (Å²) in [5, 5.41) is 1.33. The van der Waals surface area contributed by atoms with Gasteiger partial charge in [-0.1, -0.05) is 29.0 Å². The second-order valence-electron chi connectivity index (χ2n) is 3.02. The first-order valence-corrected chi connectivity index (χ1v) is 5.77. The second-order valence-corrected chi connectivity index (χ2v) is 4.57. The lowest BCUT2D eigenvalue weighted by Crippen LogP contribution is -2.05. The molecule has 4 nitrogen and oxygen atoms in total. The van der Waals surface area contributed by atoms with Gasteiger partial charge in [-0.3, -0.25) is 5.43 Å². The number of nitrogens with two attached hydrogens (primary N) is 1. The van der Waals surface area contributed by atoms with E-state index in [0.29, 0.717) is 16.8 Å². The molecule has 6 heteroatoms. The van der Waals surface area contributed by atoms with Gasteiger partial charge in [-0.25, -0.2) is 10.8 Å². The zero-order chi connectivity index (χ0) is 11.4. The van der Waals surface area contributed by atoms with Gasteiger partial charge in [0.25, 0.3) is 0 Å². The molecular weight excluding hydrogens is 246 g/mol. The molecule has 0 unspecified atom stereocenters. The molecule has 1 aromatic heterocycles. The summed E-state index contributed by atoms with van der Waals surface area (Å²) in [6, 6.07) is 7.27. The average molecular weight is 256 g/mol. The molecule has 16 heavy (non-hydrogen) atoms. The van der Waals surface area contributed by atoms with Crippen LogP contribution < -0.4 is 16.0 Å². The molecule has 0 aliphatic heterocycles. The van der Waals surface area contributed by atoms with Crippen molar-refractivity contribution in [3.8, 4) is 5.75 Å². The number of benzene rings is 1. The van der Waals surface area contributed by atoms with Crippen LogP contribution in [0.4, 0.5) is 5.13 Å². The monoisotopic (exact) mass is 255 g/mol. The Morgan fingerprint density at radius 3 is 3.06 bits per heavy atom. The van der Waals surface area contributed by atoms with Crippen LogP contribution in [0.25, 0.3) is 0 Å². The van der Waals surface area contributed by atoms with Crippen LogP contribution in [0.3, 0.4) is 0 Å². The van der Waals surface area contributed by atoms with Gasteiger partial charge in [0, 0.05) is 11.2 Å². The fraction of sp³-hybridized carbons (Fsp3) is 0.100. The molecular formula is C10H10ClN3OS. The first-order chi connectivity index (χ1) is 7.78. The average Bonchev–Trinajstić information content (AvgIpc) is 2.74. The summed E-state index contributed by atoms with van der Waals surface area (Å²) in [5.41, 5.74) is 2.49. The molecule has 0 aliphatic carbocycles. The Kier molecular flexibility index (Phi) is 3.61. The van der Waals surface area contributed by atoms with E-state index in [2.05, 4.69) is 10.4 Å². The molecule has 0 spiro atoms. The maximum atomic E-state index is 5.84. The SMILES string of the molecule is NNc1ncc(COc2cccc(Cl)c2)s1. The Morgan fingerprint density at radius 1 is 1.50 bits per heavy atom. The van der Waals surface area contributed by atoms with Crippen molar-refractivity contribution in [2.45, 2.75) is 6.61 Å². The highest BCUT2D eigenvalue weighted by molar-refractivity contribution is 7.15. The molecule has 1 heterocycles. The van der Waals surface area contributed by atoms with Crippen LogP contribution >= 0.6 is 22.9 Å². The van der Waals surface area contributed by atoms with E-state index in [0.717, 1.165) is 10.6 Å². The largest absolute Gasteiger partial charge is 0.488 e. The van der Waals surface area contributed by atoms with Crippen LogP contribution in [-0.2, 0) is 6.61 Å². The number of aromatic nitrogens is 1. The minimum Gasteiger partial charge on any atom is -0.488 e. The lowest BCUT2D eigenvalue weighted by Gasteiger charge is -2.03. The third kappa shape index (κ3) is 2.85. The predicted molar refractivity (Wildman–Crippen MR) is 65.7 cm³/mol. The molecule has 2 rings (SSSR count). The summed E-state index contributed by atoms with van der Waals surface area (Å²) in [6.45, 7) is 0.458. The van der Waals surface area contributed by atoms with Crippen molar-refractivity contribution in [1.82, 2.24) is 4.98 Å². The molecule has 84 valence electrons. The molecule has 2 aromatic rings. The number of ether oxygens (including phenoxy) is 1. The molecule has 0 saturated heterocycles. The number of hydrazine groups is 1. The Balaban J connectivity index is 1.96. The van der Waals surface area contributed by atoms with Crippen LogP contribution in [0.15, 0.2) is 30.5 Å². The summed E-state index contributed by atoms with van der Waals surface area (Å²) in [6.07, 6.45) is 1.73. The van der Waals surface area contributed by atoms with Gasteiger partial charge < -0.3 is 4.74 Å². The van der Waals surface area contributed by atoms with Crippen molar-refractivity contribution in [3.63, 3.8) is 0 Å². The molecule has 0 fully saturated rings. The number of nitrogens with one attached hydrogen (secondary N) is 1. The van der Waals surface area contributed by atoms with Crippen molar-refractivity contribution in [2.75, 3.05) is 5.43 Å². The fourth-order valence-electron chi connectivity index (χ4n) is 1.15.